The highest BCUT2D eigenvalue weighted by Gasteiger charge is 2.25. The first-order chi connectivity index (χ1) is 10.6. The number of para-hydroxylation sites is 1. The van der Waals surface area contributed by atoms with Gasteiger partial charge in [0.05, 0.1) is 0 Å². The molecule has 0 aromatic heterocycles. The van der Waals surface area contributed by atoms with Gasteiger partial charge in [0.1, 0.15) is 11.5 Å². The van der Waals surface area contributed by atoms with Crippen LogP contribution in [0.1, 0.15) is 12.5 Å². The van der Waals surface area contributed by atoms with Crippen molar-refractivity contribution in [1.29, 1.82) is 0 Å². The highest BCUT2D eigenvalue weighted by atomic mass is 16.6. The molecule has 0 saturated carbocycles. The predicted octanol–water partition coefficient (Wildman–Crippen LogP) is 3.88. The summed E-state index contributed by atoms with van der Waals surface area (Å²) in [6.07, 6.45) is 0.193. The van der Waals surface area contributed by atoms with Gasteiger partial charge in [0.25, 0.3) is 0 Å². The minimum absolute atomic E-state index is 0.190. The van der Waals surface area contributed by atoms with Crippen LogP contribution in [-0.4, -0.2) is 16.0 Å². The highest BCUT2D eigenvalue weighted by Crippen LogP contribution is 2.31. The molecule has 1 unspecified atom stereocenters. The molecule has 0 aliphatic heterocycles. The van der Waals surface area contributed by atoms with Crippen LogP contribution in [0.15, 0.2) is 66.7 Å². The topological polar surface area (TPSA) is 49.7 Å². The van der Waals surface area contributed by atoms with Crippen molar-refractivity contribution in [2.24, 2.45) is 0 Å². The molecule has 0 saturated heterocycles. The molecule has 0 spiro atoms. The quantitative estimate of drug-likeness (QED) is 0.718. The van der Waals surface area contributed by atoms with E-state index in [4.69, 9.17) is 4.74 Å². The van der Waals surface area contributed by atoms with Crippen LogP contribution in [0, 0.1) is 0 Å². The Morgan fingerprint density at radius 1 is 0.909 bits per heavy atom. The summed E-state index contributed by atoms with van der Waals surface area (Å²) in [6, 6.07) is 20.5. The maximum atomic E-state index is 10.5. The van der Waals surface area contributed by atoms with Gasteiger partial charge in [0.15, 0.2) is 0 Å². The number of hydrogen-bond donors (Lipinski definition) is 2. The SMILES string of the molecule is CC(O)(Cc1ccc2ccccc2c1O)Oc1ccccc1. The van der Waals surface area contributed by atoms with Gasteiger partial charge >= 0.3 is 0 Å². The predicted molar refractivity (Wildman–Crippen MR) is 87.0 cm³/mol. The fraction of sp³-hybridized carbons (Fsp3) is 0.158. The molecule has 3 aromatic rings. The average Bonchev–Trinajstić information content (AvgIpc) is 2.51. The number of ether oxygens (including phenoxy) is 1. The summed E-state index contributed by atoms with van der Waals surface area (Å²) >= 11 is 0. The number of rotatable bonds is 4. The molecule has 0 amide bonds. The van der Waals surface area contributed by atoms with E-state index in [0.29, 0.717) is 11.3 Å². The lowest BCUT2D eigenvalue weighted by atomic mass is 10.00. The lowest BCUT2D eigenvalue weighted by molar-refractivity contribution is -0.120. The molecule has 3 nitrogen and oxygen atoms in total. The molecule has 2 N–H and O–H groups in total. The molecular formula is C19H18O3. The van der Waals surface area contributed by atoms with Gasteiger partial charge in [0, 0.05) is 24.3 Å². The second kappa shape index (κ2) is 5.70. The molecule has 112 valence electrons. The van der Waals surface area contributed by atoms with Crippen molar-refractivity contribution in [3.8, 4) is 11.5 Å². The van der Waals surface area contributed by atoms with Crippen molar-refractivity contribution in [3.63, 3.8) is 0 Å². The number of aromatic hydroxyl groups is 1. The molecular weight excluding hydrogens is 276 g/mol. The van der Waals surface area contributed by atoms with Crippen molar-refractivity contribution in [1.82, 2.24) is 0 Å². The van der Waals surface area contributed by atoms with E-state index in [1.165, 1.54) is 0 Å². The molecule has 0 aliphatic carbocycles. The number of phenols is 1. The number of hydrogen-bond acceptors (Lipinski definition) is 3. The summed E-state index contributed by atoms with van der Waals surface area (Å²) in [6.45, 7) is 1.59. The van der Waals surface area contributed by atoms with E-state index >= 15 is 0 Å². The minimum atomic E-state index is -1.40. The summed E-state index contributed by atoms with van der Waals surface area (Å²) in [5.74, 6) is -0.621. The molecule has 0 fully saturated rings. The summed E-state index contributed by atoms with van der Waals surface area (Å²) in [4.78, 5) is 0. The van der Waals surface area contributed by atoms with Crippen LogP contribution < -0.4 is 4.74 Å². The van der Waals surface area contributed by atoms with Crippen LogP contribution in [0.2, 0.25) is 0 Å². The second-order valence-corrected chi connectivity index (χ2v) is 5.56. The fourth-order valence-electron chi connectivity index (χ4n) is 2.57. The van der Waals surface area contributed by atoms with Gasteiger partial charge in [0.2, 0.25) is 5.79 Å². The maximum Gasteiger partial charge on any atom is 0.209 e. The van der Waals surface area contributed by atoms with Gasteiger partial charge in [-0.15, -0.1) is 0 Å². The molecule has 0 aliphatic rings. The van der Waals surface area contributed by atoms with Crippen LogP contribution in [0.5, 0.6) is 11.5 Å². The summed E-state index contributed by atoms with van der Waals surface area (Å²) in [5, 5.41) is 22.6. The molecule has 0 radical (unpaired) electrons. The van der Waals surface area contributed by atoms with Crippen LogP contribution >= 0.6 is 0 Å². The molecule has 3 heteroatoms. The van der Waals surface area contributed by atoms with Gasteiger partial charge < -0.3 is 14.9 Å². The third-order valence-corrected chi connectivity index (χ3v) is 3.58. The fourth-order valence-corrected chi connectivity index (χ4v) is 2.57. The van der Waals surface area contributed by atoms with E-state index in [2.05, 4.69) is 0 Å². The van der Waals surface area contributed by atoms with E-state index in [1.807, 2.05) is 54.6 Å². The first-order valence-corrected chi connectivity index (χ1v) is 7.21. The van der Waals surface area contributed by atoms with Gasteiger partial charge in [-0.25, -0.2) is 0 Å². The second-order valence-electron chi connectivity index (χ2n) is 5.56. The van der Waals surface area contributed by atoms with Crippen LogP contribution in [-0.2, 0) is 6.42 Å². The largest absolute Gasteiger partial charge is 0.507 e. The van der Waals surface area contributed by atoms with E-state index in [9.17, 15) is 10.2 Å². The van der Waals surface area contributed by atoms with Crippen molar-refractivity contribution in [2.45, 2.75) is 19.1 Å². The Hall–Kier alpha value is -2.52. The van der Waals surface area contributed by atoms with Crippen molar-refractivity contribution in [3.05, 3.63) is 72.3 Å². The van der Waals surface area contributed by atoms with E-state index < -0.39 is 5.79 Å². The van der Waals surface area contributed by atoms with Gasteiger partial charge in [-0.1, -0.05) is 54.6 Å². The summed E-state index contributed by atoms with van der Waals surface area (Å²) in [5.41, 5.74) is 0.652. The molecule has 0 bridgehead atoms. The zero-order valence-electron chi connectivity index (χ0n) is 12.4. The van der Waals surface area contributed by atoms with Crippen LogP contribution in [0.4, 0.5) is 0 Å². The smallest absolute Gasteiger partial charge is 0.209 e. The monoisotopic (exact) mass is 294 g/mol. The molecule has 3 aromatic carbocycles. The van der Waals surface area contributed by atoms with Crippen molar-refractivity contribution >= 4 is 10.8 Å². The van der Waals surface area contributed by atoms with E-state index in [1.54, 1.807) is 19.1 Å². The molecule has 0 heterocycles. The average molecular weight is 294 g/mol. The Balaban J connectivity index is 1.87. The molecule has 3 rings (SSSR count). The van der Waals surface area contributed by atoms with Crippen molar-refractivity contribution in [2.75, 3.05) is 0 Å². The van der Waals surface area contributed by atoms with Crippen molar-refractivity contribution < 1.29 is 14.9 Å². The standard InChI is InChI=1S/C19H18O3/c1-19(21,22-16-8-3-2-4-9-16)13-15-12-11-14-7-5-6-10-17(14)18(15)20/h2-12,20-21H,13H2,1H3. The Bertz CT molecular complexity index is 779. The summed E-state index contributed by atoms with van der Waals surface area (Å²) in [7, 11) is 0. The van der Waals surface area contributed by atoms with Gasteiger partial charge in [-0.2, -0.15) is 0 Å². The third-order valence-electron chi connectivity index (χ3n) is 3.58. The van der Waals surface area contributed by atoms with Crippen LogP contribution in [0.3, 0.4) is 0 Å². The zero-order valence-corrected chi connectivity index (χ0v) is 12.4. The Labute approximate surface area is 129 Å². The third kappa shape index (κ3) is 3.05. The first kappa shape index (κ1) is 14.4. The number of phenolic OH excluding ortho intramolecular Hbond substituents is 1. The number of benzene rings is 3. The van der Waals surface area contributed by atoms with E-state index in [-0.39, 0.29) is 12.2 Å². The van der Waals surface area contributed by atoms with Gasteiger partial charge in [-0.05, 0) is 17.5 Å². The Morgan fingerprint density at radius 3 is 2.36 bits per heavy atom. The van der Waals surface area contributed by atoms with Crippen LogP contribution in [0.25, 0.3) is 10.8 Å². The minimum Gasteiger partial charge on any atom is -0.507 e. The highest BCUT2D eigenvalue weighted by molar-refractivity contribution is 5.89. The maximum absolute atomic E-state index is 10.5. The lowest BCUT2D eigenvalue weighted by Crippen LogP contribution is -2.34. The number of fused-ring (bicyclic) bond motifs is 1. The lowest BCUT2D eigenvalue weighted by Gasteiger charge is -2.25. The van der Waals surface area contributed by atoms with Gasteiger partial charge in [-0.3, -0.25) is 0 Å². The molecule has 22 heavy (non-hydrogen) atoms. The normalized spacial score (nSPS) is 13.7. The van der Waals surface area contributed by atoms with E-state index in [0.717, 1.165) is 10.8 Å². The zero-order chi connectivity index (χ0) is 15.6. The summed E-state index contributed by atoms with van der Waals surface area (Å²) < 4.78 is 5.62. The first-order valence-electron chi connectivity index (χ1n) is 7.21. The Morgan fingerprint density at radius 2 is 1.59 bits per heavy atom. The molecule has 1 atom stereocenters. The number of aliphatic hydroxyl groups is 1. The Kier molecular flexibility index (Phi) is 3.73.